The van der Waals surface area contributed by atoms with Gasteiger partial charge in [0.2, 0.25) is 5.88 Å². The Morgan fingerprint density at radius 1 is 1.12 bits per heavy atom. The number of fused-ring (bicyclic) bond motifs is 2. The van der Waals surface area contributed by atoms with Crippen LogP contribution >= 0.6 is 11.3 Å². The number of piperazine rings is 1. The van der Waals surface area contributed by atoms with Crippen LogP contribution in [0.15, 0.2) is 66.3 Å². The summed E-state index contributed by atoms with van der Waals surface area (Å²) in [6, 6.07) is 18.4. The Morgan fingerprint density at radius 3 is 2.81 bits per heavy atom. The Morgan fingerprint density at radius 2 is 2.02 bits per heavy atom. The van der Waals surface area contributed by atoms with Crippen molar-refractivity contribution in [1.29, 1.82) is 5.26 Å². The van der Waals surface area contributed by atoms with Gasteiger partial charge in [-0.25, -0.2) is 9.37 Å². The largest absolute Gasteiger partial charge is 0.473 e. The third-order valence-electron chi connectivity index (χ3n) is 8.16. The molecule has 43 heavy (non-hydrogen) atoms. The monoisotopic (exact) mass is 593 g/mol. The zero-order valence-corrected chi connectivity index (χ0v) is 24.3. The lowest BCUT2D eigenvalue weighted by atomic mass is 10.1. The second kappa shape index (κ2) is 11.2. The number of carbonyl (C=O) groups excluding carboxylic acids is 1. The van der Waals surface area contributed by atoms with Crippen LogP contribution in [-0.4, -0.2) is 55.4 Å². The van der Waals surface area contributed by atoms with Gasteiger partial charge in [0.25, 0.3) is 0 Å². The van der Waals surface area contributed by atoms with E-state index in [4.69, 9.17) is 20.0 Å². The Labute approximate surface area is 251 Å². The van der Waals surface area contributed by atoms with Crippen molar-refractivity contribution < 1.29 is 13.9 Å². The van der Waals surface area contributed by atoms with Gasteiger partial charge < -0.3 is 14.2 Å². The van der Waals surface area contributed by atoms with Crippen LogP contribution in [0.2, 0.25) is 0 Å². The molecule has 0 spiro atoms. The van der Waals surface area contributed by atoms with E-state index in [0.717, 1.165) is 47.1 Å². The fraction of sp³-hybridized carbons (Fsp3) is 0.281. The van der Waals surface area contributed by atoms with Crippen LogP contribution in [0.5, 0.6) is 5.88 Å². The molecular formula is C32H28FN7O2S. The molecule has 0 radical (unpaired) electrons. The maximum Gasteiger partial charge on any atom is 0.215 e. The van der Waals surface area contributed by atoms with Crippen LogP contribution in [0.1, 0.15) is 45.5 Å². The van der Waals surface area contributed by atoms with Crippen LogP contribution in [0.25, 0.3) is 11.0 Å². The number of nitrogens with zero attached hydrogens (tertiary/aromatic N) is 7. The lowest BCUT2D eigenvalue weighted by Gasteiger charge is -2.34. The topological polar surface area (TPSA) is 100 Å². The summed E-state index contributed by atoms with van der Waals surface area (Å²) in [5.74, 6) is 1.83. The Bertz CT molecular complexity index is 1870. The van der Waals surface area contributed by atoms with Gasteiger partial charge >= 0.3 is 0 Å². The third-order valence-corrected chi connectivity index (χ3v) is 8.92. The number of Topliss-reactive ketones (excluding diaryl/α,β-unsaturated/α-hetero) is 1. The minimum absolute atomic E-state index is 0.0320. The van der Waals surface area contributed by atoms with Crippen molar-refractivity contribution in [2.24, 2.45) is 0 Å². The average molecular weight is 594 g/mol. The summed E-state index contributed by atoms with van der Waals surface area (Å²) >= 11 is 1.61. The fourth-order valence-corrected chi connectivity index (χ4v) is 6.40. The number of anilines is 1. The number of thiazole rings is 1. The number of benzene rings is 2. The van der Waals surface area contributed by atoms with E-state index in [1.54, 1.807) is 36.5 Å². The molecule has 0 N–H and O–H groups in total. The quantitative estimate of drug-likeness (QED) is 0.215. The van der Waals surface area contributed by atoms with Crippen molar-refractivity contribution in [1.82, 2.24) is 24.4 Å². The second-order valence-corrected chi connectivity index (χ2v) is 11.9. The molecule has 11 heteroatoms. The Hall–Kier alpha value is -4.66. The number of hydrogen-bond donors (Lipinski definition) is 0. The molecule has 4 heterocycles. The highest BCUT2D eigenvalue weighted by Gasteiger charge is 2.49. The minimum atomic E-state index is -0.466. The van der Waals surface area contributed by atoms with E-state index in [1.165, 1.54) is 6.07 Å². The number of ether oxygens (including phenoxy) is 1. The minimum Gasteiger partial charge on any atom is -0.473 e. The Kier molecular flexibility index (Phi) is 7.08. The number of hydrogen-bond acceptors (Lipinski definition) is 9. The van der Waals surface area contributed by atoms with Crippen molar-refractivity contribution in [3.05, 3.63) is 99.5 Å². The molecule has 2 fully saturated rings. The molecule has 7 rings (SSSR count). The van der Waals surface area contributed by atoms with Gasteiger partial charge in [0.05, 0.1) is 41.3 Å². The standard InChI is InChI=1S/C32H28FN7O2S/c1-20(41)22-7-8-26-27(12-22)40(16-24-15-35-19-43-24)31(36-26)17-38-9-10-39(29-13-28(29)38)30-3-2-4-32(37-30)42-18-23-6-5-21(14-34)11-25(23)33/h2-8,11-12,15,19,28-29H,9-10,13,16-18H2,1H3/t28-,29+/m1/s1. The summed E-state index contributed by atoms with van der Waals surface area (Å²) < 4.78 is 22.4. The number of ketones is 1. The lowest BCUT2D eigenvalue weighted by molar-refractivity contribution is 0.101. The van der Waals surface area contributed by atoms with Gasteiger partial charge in [-0.1, -0.05) is 12.1 Å². The molecule has 1 aliphatic heterocycles. The zero-order valence-electron chi connectivity index (χ0n) is 23.5. The number of aromatic nitrogens is 4. The van der Waals surface area contributed by atoms with Crippen LogP contribution in [0.4, 0.5) is 10.2 Å². The normalized spacial score (nSPS) is 17.9. The predicted octanol–water partition coefficient (Wildman–Crippen LogP) is 5.19. The highest BCUT2D eigenvalue weighted by Crippen LogP contribution is 2.40. The highest BCUT2D eigenvalue weighted by atomic mass is 32.1. The number of imidazole rings is 1. The van der Waals surface area contributed by atoms with Gasteiger partial charge in [-0.15, -0.1) is 11.3 Å². The molecule has 216 valence electrons. The average Bonchev–Trinajstić information content (AvgIpc) is 3.53. The molecule has 1 saturated heterocycles. The molecule has 2 aromatic carbocycles. The van der Waals surface area contributed by atoms with Gasteiger partial charge in [-0.3, -0.25) is 14.7 Å². The Balaban J connectivity index is 1.06. The summed E-state index contributed by atoms with van der Waals surface area (Å²) in [6.07, 6.45) is 2.92. The van der Waals surface area contributed by atoms with Gasteiger partial charge in [-0.05, 0) is 49.7 Å². The van der Waals surface area contributed by atoms with E-state index in [-0.39, 0.29) is 18.0 Å². The second-order valence-electron chi connectivity index (χ2n) is 10.9. The first-order chi connectivity index (χ1) is 21.0. The van der Waals surface area contributed by atoms with Gasteiger partial charge in [-0.2, -0.15) is 10.2 Å². The molecule has 2 aliphatic rings. The summed E-state index contributed by atoms with van der Waals surface area (Å²) in [7, 11) is 0. The van der Waals surface area contributed by atoms with Gasteiger partial charge in [0, 0.05) is 53.4 Å². The van der Waals surface area contributed by atoms with E-state index in [1.807, 2.05) is 48.1 Å². The highest BCUT2D eigenvalue weighted by molar-refractivity contribution is 7.09. The molecule has 5 aromatic rings. The molecule has 0 unspecified atom stereocenters. The van der Waals surface area contributed by atoms with E-state index in [2.05, 4.69) is 19.4 Å². The van der Waals surface area contributed by atoms with Gasteiger partial charge in [0.1, 0.15) is 24.1 Å². The molecule has 1 aliphatic carbocycles. The summed E-state index contributed by atoms with van der Waals surface area (Å²) in [5.41, 5.74) is 5.02. The smallest absolute Gasteiger partial charge is 0.215 e. The van der Waals surface area contributed by atoms with Crippen molar-refractivity contribution in [3.63, 3.8) is 0 Å². The van der Waals surface area contributed by atoms with Crippen molar-refractivity contribution in [3.8, 4) is 11.9 Å². The van der Waals surface area contributed by atoms with Crippen LogP contribution in [0, 0.1) is 17.1 Å². The number of pyridine rings is 1. The number of nitriles is 1. The fourth-order valence-electron chi connectivity index (χ4n) is 5.82. The van der Waals surface area contributed by atoms with Crippen LogP contribution in [-0.2, 0) is 19.7 Å². The molecule has 3 aromatic heterocycles. The van der Waals surface area contributed by atoms with Crippen molar-refractivity contribution >= 4 is 34.0 Å². The maximum absolute atomic E-state index is 14.3. The summed E-state index contributed by atoms with van der Waals surface area (Å²) in [6.45, 7) is 4.66. The molecule has 2 atom stereocenters. The zero-order chi connectivity index (χ0) is 29.5. The molecule has 1 saturated carbocycles. The van der Waals surface area contributed by atoms with E-state index >= 15 is 0 Å². The van der Waals surface area contributed by atoms with Crippen molar-refractivity contribution in [2.75, 3.05) is 18.0 Å². The van der Waals surface area contributed by atoms with E-state index in [0.29, 0.717) is 42.2 Å². The van der Waals surface area contributed by atoms with E-state index < -0.39 is 5.82 Å². The predicted molar refractivity (Wildman–Crippen MR) is 161 cm³/mol. The van der Waals surface area contributed by atoms with E-state index in [9.17, 15) is 9.18 Å². The maximum atomic E-state index is 14.3. The first kappa shape index (κ1) is 27.2. The number of halogens is 1. The summed E-state index contributed by atoms with van der Waals surface area (Å²) in [5, 5.41) is 8.96. The SMILES string of the molecule is CC(=O)c1ccc2nc(CN3CCN(c4cccc(OCc5ccc(C#N)cc5F)n4)[C@H]4C[C@H]43)n(Cc3cncs3)c2c1. The molecule has 0 amide bonds. The molecular weight excluding hydrogens is 565 g/mol. The number of carbonyl (C=O) groups is 1. The lowest BCUT2D eigenvalue weighted by Crippen LogP contribution is -2.46. The first-order valence-electron chi connectivity index (χ1n) is 14.1. The molecule has 0 bridgehead atoms. The molecule has 9 nitrogen and oxygen atoms in total. The van der Waals surface area contributed by atoms with Crippen LogP contribution < -0.4 is 9.64 Å². The van der Waals surface area contributed by atoms with Crippen LogP contribution in [0.3, 0.4) is 0 Å². The van der Waals surface area contributed by atoms with Crippen molar-refractivity contribution in [2.45, 2.75) is 45.1 Å². The summed E-state index contributed by atoms with van der Waals surface area (Å²) in [4.78, 5) is 32.0. The number of rotatable bonds is 9. The van der Waals surface area contributed by atoms with Gasteiger partial charge in [0.15, 0.2) is 5.78 Å². The first-order valence-corrected chi connectivity index (χ1v) is 15.0. The third kappa shape index (κ3) is 5.47.